The molecule has 0 bridgehead atoms. The van der Waals surface area contributed by atoms with Gasteiger partial charge < -0.3 is 38.6 Å². The molecule has 0 unspecified atom stereocenters. The normalized spacial score (nSPS) is 17.7. The second-order valence-corrected chi connectivity index (χ2v) is 29.8. The molecule has 1 saturated carbocycles. The SMILES string of the molecule is CC(C)CCC[C@@H](C)CCC[C@@H](C)CCC[C@H](C)CCO[C@@H](CO)COCCCCCCCCCCCCOC[C@H]1CC[C@@H](COCCCCCCCCCCCCOC[C@H](CO)OCC[C@@H](C)CCC[C@H](C)CCC[C@H](C)CCCC(C)C)C1. The Balaban J connectivity index is 1.82. The highest BCUT2D eigenvalue weighted by atomic mass is 16.5. The Hall–Kier alpha value is -0.320. The molecule has 1 rings (SSSR count). The summed E-state index contributed by atoms with van der Waals surface area (Å²) in [5.41, 5.74) is 0. The zero-order valence-electron chi connectivity index (χ0n) is 59.2. The molecular weight excluding hydrogens is 1050 g/mol. The predicted octanol–water partition coefficient (Wildman–Crippen LogP) is 22.0. The van der Waals surface area contributed by atoms with E-state index in [4.69, 9.17) is 28.4 Å². The van der Waals surface area contributed by atoms with Crippen LogP contribution in [0.5, 0.6) is 0 Å². The molecule has 2 N–H and O–H groups in total. The Bertz CT molecular complexity index is 1220. The van der Waals surface area contributed by atoms with Crippen molar-refractivity contribution in [2.45, 2.75) is 358 Å². The smallest absolute Gasteiger partial charge is 0.104 e. The largest absolute Gasteiger partial charge is 0.394 e. The van der Waals surface area contributed by atoms with Crippen molar-refractivity contribution in [3.63, 3.8) is 0 Å². The average molecular weight is 1210 g/mol. The van der Waals surface area contributed by atoms with Crippen molar-refractivity contribution >= 4 is 0 Å². The Morgan fingerprint density at radius 1 is 0.271 bits per heavy atom. The number of hydrogen-bond donors (Lipinski definition) is 2. The summed E-state index contributed by atoms with van der Waals surface area (Å²) in [5, 5.41) is 19.7. The topological polar surface area (TPSA) is 95.8 Å². The summed E-state index contributed by atoms with van der Waals surface area (Å²) in [5.74, 6) is 7.95. The van der Waals surface area contributed by atoms with Crippen molar-refractivity contribution in [1.29, 1.82) is 0 Å². The zero-order valence-corrected chi connectivity index (χ0v) is 59.2. The number of aliphatic hydroxyl groups excluding tert-OH is 2. The first-order chi connectivity index (χ1) is 41.3. The molecule has 0 spiro atoms. The maximum atomic E-state index is 9.83. The molecule has 85 heavy (non-hydrogen) atoms. The maximum absolute atomic E-state index is 9.83. The Kier molecular flexibility index (Phi) is 59.5. The van der Waals surface area contributed by atoms with Crippen LogP contribution in [-0.2, 0) is 28.4 Å². The van der Waals surface area contributed by atoms with Gasteiger partial charge in [0.25, 0.3) is 0 Å². The van der Waals surface area contributed by atoms with E-state index in [1.165, 1.54) is 250 Å². The van der Waals surface area contributed by atoms with Crippen LogP contribution < -0.4 is 0 Å². The summed E-state index contributed by atoms with van der Waals surface area (Å²) in [7, 11) is 0. The number of hydrogen-bond acceptors (Lipinski definition) is 8. The van der Waals surface area contributed by atoms with Crippen molar-refractivity contribution < 1.29 is 38.6 Å². The fraction of sp³-hybridized carbons (Fsp3) is 1.00. The third-order valence-corrected chi connectivity index (χ3v) is 19.5. The van der Waals surface area contributed by atoms with Crippen molar-refractivity contribution in [2.75, 3.05) is 79.3 Å². The number of rotatable bonds is 68. The molecule has 8 nitrogen and oxygen atoms in total. The van der Waals surface area contributed by atoms with Crippen LogP contribution in [0.25, 0.3) is 0 Å². The lowest BCUT2D eigenvalue weighted by Crippen LogP contribution is -2.25. The van der Waals surface area contributed by atoms with Gasteiger partial charge >= 0.3 is 0 Å². The van der Waals surface area contributed by atoms with Gasteiger partial charge in [-0.25, -0.2) is 0 Å². The maximum Gasteiger partial charge on any atom is 0.104 e. The van der Waals surface area contributed by atoms with E-state index in [1.54, 1.807) is 0 Å². The van der Waals surface area contributed by atoms with Crippen LogP contribution in [0.15, 0.2) is 0 Å². The van der Waals surface area contributed by atoms with Gasteiger partial charge in [-0.2, -0.15) is 0 Å². The molecule has 0 heterocycles. The Morgan fingerprint density at radius 3 is 0.765 bits per heavy atom. The summed E-state index contributed by atoms with van der Waals surface area (Å²) in [6.45, 7) is 31.7. The van der Waals surface area contributed by atoms with Gasteiger partial charge in [0, 0.05) is 52.9 Å². The van der Waals surface area contributed by atoms with Gasteiger partial charge in [0.1, 0.15) is 12.2 Å². The first-order valence-corrected chi connectivity index (χ1v) is 38.1. The molecule has 510 valence electrons. The van der Waals surface area contributed by atoms with E-state index < -0.39 is 0 Å². The highest BCUT2D eigenvalue weighted by molar-refractivity contribution is 4.75. The van der Waals surface area contributed by atoms with Gasteiger partial charge in [0.2, 0.25) is 0 Å². The summed E-state index contributed by atoms with van der Waals surface area (Å²) in [4.78, 5) is 0. The lowest BCUT2D eigenvalue weighted by molar-refractivity contribution is -0.0459. The fourth-order valence-electron chi connectivity index (χ4n) is 13.1. The van der Waals surface area contributed by atoms with E-state index in [0.717, 1.165) is 126 Å². The van der Waals surface area contributed by atoms with Crippen molar-refractivity contribution in [3.05, 3.63) is 0 Å². The standard InChI is InChI=1S/C77H154O8/c1-66(2)37-31-39-68(5)41-33-43-70(7)45-35-47-72(9)51-57-84-76(60-78)64-82-55-29-25-21-17-13-11-15-19-23-27-53-80-62-74-49-50-75(59-74)63-81-54-28-24-20-16-12-14-18-22-26-30-56-83-65-77(61-79)85-58-52-73(10)48-36-46-71(8)44-34-42-69(6)40-32-38-67(3)4/h66-79H,11-65H2,1-10H3/t68-,69-,70-,71-,72+,73+,74-,75+,76+,77+/m1/s1. The molecule has 0 amide bonds. The monoisotopic (exact) mass is 1210 g/mol. The molecule has 0 aromatic rings. The van der Waals surface area contributed by atoms with E-state index in [-0.39, 0.29) is 25.4 Å². The van der Waals surface area contributed by atoms with Crippen LogP contribution in [0, 0.1) is 59.2 Å². The Labute approximate surface area is 532 Å². The van der Waals surface area contributed by atoms with Crippen LogP contribution in [0.1, 0.15) is 345 Å². The van der Waals surface area contributed by atoms with Crippen LogP contribution >= 0.6 is 0 Å². The van der Waals surface area contributed by atoms with Gasteiger partial charge in [0.15, 0.2) is 0 Å². The van der Waals surface area contributed by atoms with Crippen molar-refractivity contribution in [1.82, 2.24) is 0 Å². The summed E-state index contributed by atoms with van der Waals surface area (Å²) >= 11 is 0. The second kappa shape index (κ2) is 61.2. The molecule has 1 aliphatic carbocycles. The first kappa shape index (κ1) is 82.7. The van der Waals surface area contributed by atoms with Gasteiger partial charge in [-0.15, -0.1) is 0 Å². The van der Waals surface area contributed by atoms with Gasteiger partial charge in [-0.05, 0) is 117 Å². The molecular formula is C77H154O8. The van der Waals surface area contributed by atoms with E-state index >= 15 is 0 Å². The number of aliphatic hydroxyl groups is 2. The summed E-state index contributed by atoms with van der Waals surface area (Å²) in [6, 6.07) is 0. The van der Waals surface area contributed by atoms with Crippen LogP contribution in [-0.4, -0.2) is 102 Å². The first-order valence-electron chi connectivity index (χ1n) is 38.1. The highest BCUT2D eigenvalue weighted by Gasteiger charge is 2.25. The highest BCUT2D eigenvalue weighted by Crippen LogP contribution is 2.32. The third kappa shape index (κ3) is 57.3. The lowest BCUT2D eigenvalue weighted by Gasteiger charge is -2.18. The van der Waals surface area contributed by atoms with Gasteiger partial charge in [-0.1, -0.05) is 288 Å². The zero-order chi connectivity index (χ0) is 62.1. The minimum atomic E-state index is -0.193. The molecule has 0 aromatic heterocycles. The molecule has 0 saturated heterocycles. The molecule has 0 aromatic carbocycles. The lowest BCUT2D eigenvalue weighted by atomic mass is 9.91. The van der Waals surface area contributed by atoms with E-state index in [0.29, 0.717) is 25.0 Å². The summed E-state index contributed by atoms with van der Waals surface area (Å²) < 4.78 is 36.1. The molecule has 1 aliphatic rings. The Morgan fingerprint density at radius 2 is 0.506 bits per heavy atom. The predicted molar refractivity (Wildman–Crippen MR) is 367 cm³/mol. The van der Waals surface area contributed by atoms with Crippen molar-refractivity contribution in [3.8, 4) is 0 Å². The van der Waals surface area contributed by atoms with Crippen LogP contribution in [0.2, 0.25) is 0 Å². The van der Waals surface area contributed by atoms with Gasteiger partial charge in [-0.3, -0.25) is 0 Å². The van der Waals surface area contributed by atoms with Crippen LogP contribution in [0.4, 0.5) is 0 Å². The molecule has 8 heteroatoms. The second-order valence-electron chi connectivity index (χ2n) is 29.8. The molecule has 0 radical (unpaired) electrons. The van der Waals surface area contributed by atoms with Gasteiger partial charge in [0.05, 0.1) is 26.4 Å². The number of unbranched alkanes of at least 4 members (excludes halogenated alkanes) is 18. The van der Waals surface area contributed by atoms with Crippen LogP contribution in [0.3, 0.4) is 0 Å². The van der Waals surface area contributed by atoms with E-state index in [1.807, 2.05) is 0 Å². The van der Waals surface area contributed by atoms with Crippen molar-refractivity contribution in [2.24, 2.45) is 59.2 Å². The molecule has 1 fully saturated rings. The quantitative estimate of drug-likeness (QED) is 0.0582. The fourth-order valence-corrected chi connectivity index (χ4v) is 13.1. The third-order valence-electron chi connectivity index (χ3n) is 19.5. The number of ether oxygens (including phenoxy) is 6. The van der Waals surface area contributed by atoms with E-state index in [9.17, 15) is 10.2 Å². The minimum Gasteiger partial charge on any atom is -0.394 e. The molecule has 10 atom stereocenters. The minimum absolute atomic E-state index is 0.0416. The van der Waals surface area contributed by atoms with E-state index in [2.05, 4.69) is 69.2 Å². The molecule has 0 aliphatic heterocycles. The average Bonchev–Trinajstić information content (AvgIpc) is 4.07. The summed E-state index contributed by atoms with van der Waals surface area (Å²) in [6.07, 6.45) is 56.0.